The summed E-state index contributed by atoms with van der Waals surface area (Å²) in [6.45, 7) is 3.39. The maximum Gasteiger partial charge on any atom is 0.217 e. The van der Waals surface area contributed by atoms with Crippen molar-refractivity contribution in [3.05, 3.63) is 35.9 Å². The van der Waals surface area contributed by atoms with Crippen LogP contribution in [-0.4, -0.2) is 35.9 Å². The van der Waals surface area contributed by atoms with Crippen LogP contribution < -0.4 is 5.32 Å². The highest BCUT2D eigenvalue weighted by Gasteiger charge is 2.36. The Morgan fingerprint density at radius 2 is 2.11 bits per heavy atom. The fraction of sp³-hybridized carbons (Fsp3) is 0.500. The third-order valence-corrected chi connectivity index (χ3v) is 3.04. The van der Waals surface area contributed by atoms with Crippen molar-refractivity contribution in [1.29, 1.82) is 0 Å². The number of rotatable bonds is 3. The Kier molecular flexibility index (Phi) is 4.52. The summed E-state index contributed by atoms with van der Waals surface area (Å²) in [6, 6.07) is 9.19. The number of hydrogen-bond donors (Lipinski definition) is 2. The average molecular weight is 265 g/mol. The van der Waals surface area contributed by atoms with E-state index in [-0.39, 0.29) is 11.9 Å². The SMILES string of the molecule is CC(=O)N[C@H]1COC(c2ccccc2)O[C@@H]1C(C)O. The van der Waals surface area contributed by atoms with Crippen LogP contribution in [0.15, 0.2) is 30.3 Å². The summed E-state index contributed by atoms with van der Waals surface area (Å²) < 4.78 is 11.4. The number of carbonyl (C=O) groups is 1. The molecule has 0 saturated carbocycles. The predicted octanol–water partition coefficient (Wildman–Crippen LogP) is 0.986. The molecule has 1 saturated heterocycles. The van der Waals surface area contributed by atoms with Crippen molar-refractivity contribution < 1.29 is 19.4 Å². The van der Waals surface area contributed by atoms with Crippen LogP contribution in [-0.2, 0) is 14.3 Å². The van der Waals surface area contributed by atoms with Crippen LogP contribution in [0.3, 0.4) is 0 Å². The highest BCUT2D eigenvalue weighted by molar-refractivity contribution is 5.73. The molecule has 2 unspecified atom stereocenters. The maximum absolute atomic E-state index is 11.1. The molecule has 0 radical (unpaired) electrons. The number of amides is 1. The molecule has 1 fully saturated rings. The molecule has 0 bridgehead atoms. The highest BCUT2D eigenvalue weighted by Crippen LogP contribution is 2.27. The van der Waals surface area contributed by atoms with Gasteiger partial charge in [-0.15, -0.1) is 0 Å². The average Bonchev–Trinajstić information content (AvgIpc) is 2.39. The first-order valence-corrected chi connectivity index (χ1v) is 6.35. The Bertz CT molecular complexity index is 421. The molecule has 104 valence electrons. The summed E-state index contributed by atoms with van der Waals surface area (Å²) in [6.07, 6.45) is -1.68. The molecule has 19 heavy (non-hydrogen) atoms. The van der Waals surface area contributed by atoms with Gasteiger partial charge in [0.2, 0.25) is 5.91 Å². The van der Waals surface area contributed by atoms with Gasteiger partial charge >= 0.3 is 0 Å². The molecular weight excluding hydrogens is 246 g/mol. The minimum absolute atomic E-state index is 0.166. The van der Waals surface area contributed by atoms with Gasteiger partial charge < -0.3 is 19.9 Å². The molecule has 1 amide bonds. The topological polar surface area (TPSA) is 67.8 Å². The number of aliphatic hydroxyl groups is 1. The molecule has 5 nitrogen and oxygen atoms in total. The molecule has 0 aromatic heterocycles. The van der Waals surface area contributed by atoms with Gasteiger partial charge in [0.25, 0.3) is 0 Å². The quantitative estimate of drug-likeness (QED) is 0.855. The molecule has 0 aliphatic carbocycles. The van der Waals surface area contributed by atoms with Gasteiger partial charge in [-0.2, -0.15) is 0 Å². The van der Waals surface area contributed by atoms with E-state index in [0.29, 0.717) is 6.61 Å². The first-order chi connectivity index (χ1) is 9.08. The zero-order valence-corrected chi connectivity index (χ0v) is 11.1. The van der Waals surface area contributed by atoms with Gasteiger partial charge in [0.1, 0.15) is 6.10 Å². The lowest BCUT2D eigenvalue weighted by Gasteiger charge is -2.38. The third-order valence-electron chi connectivity index (χ3n) is 3.04. The van der Waals surface area contributed by atoms with E-state index in [4.69, 9.17) is 9.47 Å². The smallest absolute Gasteiger partial charge is 0.217 e. The van der Waals surface area contributed by atoms with E-state index in [2.05, 4.69) is 5.32 Å². The van der Waals surface area contributed by atoms with Gasteiger partial charge in [0.15, 0.2) is 6.29 Å². The van der Waals surface area contributed by atoms with Crippen LogP contribution in [0.4, 0.5) is 0 Å². The fourth-order valence-electron chi connectivity index (χ4n) is 2.18. The molecule has 1 aromatic carbocycles. The Labute approximate surface area is 112 Å². The van der Waals surface area contributed by atoms with Crippen molar-refractivity contribution in [2.45, 2.75) is 38.4 Å². The summed E-state index contributed by atoms with van der Waals surface area (Å²) in [5.41, 5.74) is 0.898. The molecular formula is C14H19NO4. The second kappa shape index (κ2) is 6.14. The van der Waals surface area contributed by atoms with Crippen LogP contribution in [0.5, 0.6) is 0 Å². The minimum Gasteiger partial charge on any atom is -0.391 e. The molecule has 1 heterocycles. The molecule has 1 aliphatic rings. The van der Waals surface area contributed by atoms with Gasteiger partial charge in [0.05, 0.1) is 18.8 Å². The van der Waals surface area contributed by atoms with E-state index in [1.54, 1.807) is 6.92 Å². The van der Waals surface area contributed by atoms with Crippen molar-refractivity contribution in [2.24, 2.45) is 0 Å². The summed E-state index contributed by atoms with van der Waals surface area (Å²) in [4.78, 5) is 11.1. The lowest BCUT2D eigenvalue weighted by molar-refractivity contribution is -0.247. The summed E-state index contributed by atoms with van der Waals surface area (Å²) in [7, 11) is 0. The van der Waals surface area contributed by atoms with Crippen molar-refractivity contribution in [1.82, 2.24) is 5.32 Å². The zero-order valence-electron chi connectivity index (χ0n) is 11.1. The highest BCUT2D eigenvalue weighted by atomic mass is 16.7. The maximum atomic E-state index is 11.1. The fourth-order valence-corrected chi connectivity index (χ4v) is 2.18. The van der Waals surface area contributed by atoms with E-state index >= 15 is 0 Å². The molecule has 1 aliphatic heterocycles. The van der Waals surface area contributed by atoms with E-state index in [1.807, 2.05) is 30.3 Å². The van der Waals surface area contributed by atoms with Crippen molar-refractivity contribution >= 4 is 5.91 Å². The normalized spacial score (nSPS) is 28.7. The minimum atomic E-state index is -0.688. The first kappa shape index (κ1) is 14.0. The number of benzene rings is 1. The van der Waals surface area contributed by atoms with E-state index < -0.39 is 18.5 Å². The van der Waals surface area contributed by atoms with Gasteiger partial charge in [-0.1, -0.05) is 30.3 Å². The Balaban J connectivity index is 2.08. The standard InChI is InChI=1S/C14H19NO4/c1-9(16)13-12(15-10(2)17)8-18-14(19-13)11-6-4-3-5-7-11/h3-7,9,12-14,16H,8H2,1-2H3,(H,15,17)/t9?,12-,13+,14?/m0/s1. The van der Waals surface area contributed by atoms with Crippen LogP contribution in [0.25, 0.3) is 0 Å². The lowest BCUT2D eigenvalue weighted by atomic mass is 10.1. The van der Waals surface area contributed by atoms with Crippen LogP contribution in [0.1, 0.15) is 25.7 Å². The predicted molar refractivity (Wildman–Crippen MR) is 69.3 cm³/mol. The number of ether oxygens (including phenoxy) is 2. The van der Waals surface area contributed by atoms with Crippen molar-refractivity contribution in [2.75, 3.05) is 6.61 Å². The number of aliphatic hydroxyl groups excluding tert-OH is 1. The zero-order chi connectivity index (χ0) is 13.8. The van der Waals surface area contributed by atoms with E-state index in [1.165, 1.54) is 6.92 Å². The Hall–Kier alpha value is -1.43. The van der Waals surface area contributed by atoms with Crippen LogP contribution >= 0.6 is 0 Å². The lowest BCUT2D eigenvalue weighted by Crippen LogP contribution is -2.54. The summed E-state index contributed by atoms with van der Waals surface area (Å²) >= 11 is 0. The Morgan fingerprint density at radius 1 is 1.42 bits per heavy atom. The second-order valence-corrected chi connectivity index (χ2v) is 4.72. The van der Waals surface area contributed by atoms with Gasteiger partial charge in [-0.25, -0.2) is 0 Å². The Morgan fingerprint density at radius 3 is 2.68 bits per heavy atom. The molecule has 0 spiro atoms. The van der Waals surface area contributed by atoms with Gasteiger partial charge in [-0.05, 0) is 6.92 Å². The van der Waals surface area contributed by atoms with Crippen LogP contribution in [0, 0.1) is 0 Å². The summed E-state index contributed by atoms with van der Waals surface area (Å²) in [5.74, 6) is -0.166. The van der Waals surface area contributed by atoms with E-state index in [9.17, 15) is 9.90 Å². The number of carbonyl (C=O) groups excluding carboxylic acids is 1. The van der Waals surface area contributed by atoms with Crippen LogP contribution in [0.2, 0.25) is 0 Å². The van der Waals surface area contributed by atoms with E-state index in [0.717, 1.165) is 5.56 Å². The molecule has 5 heteroatoms. The molecule has 2 rings (SSSR count). The van der Waals surface area contributed by atoms with Crippen molar-refractivity contribution in [3.63, 3.8) is 0 Å². The number of hydrogen-bond acceptors (Lipinski definition) is 4. The number of nitrogens with one attached hydrogen (secondary N) is 1. The molecule has 4 atom stereocenters. The molecule has 2 N–H and O–H groups in total. The monoisotopic (exact) mass is 265 g/mol. The summed E-state index contributed by atoms with van der Waals surface area (Å²) in [5, 5.41) is 12.5. The molecule has 1 aromatic rings. The van der Waals surface area contributed by atoms with Gasteiger partial charge in [-0.3, -0.25) is 4.79 Å². The third kappa shape index (κ3) is 3.53. The van der Waals surface area contributed by atoms with Gasteiger partial charge in [0, 0.05) is 12.5 Å². The second-order valence-electron chi connectivity index (χ2n) is 4.72. The van der Waals surface area contributed by atoms with Crippen molar-refractivity contribution in [3.8, 4) is 0 Å². The largest absolute Gasteiger partial charge is 0.391 e. The first-order valence-electron chi connectivity index (χ1n) is 6.35.